The van der Waals surface area contributed by atoms with Gasteiger partial charge in [-0.3, -0.25) is 9.58 Å². The van der Waals surface area contributed by atoms with Gasteiger partial charge in [-0.2, -0.15) is 13.5 Å². The maximum absolute atomic E-state index is 12.1. The van der Waals surface area contributed by atoms with Crippen LogP contribution in [0.4, 0.5) is 10.5 Å². The Morgan fingerprint density at radius 1 is 1.33 bits per heavy atom. The number of anilines is 1. The third-order valence-corrected chi connectivity index (χ3v) is 5.36. The molecule has 0 aliphatic carbocycles. The van der Waals surface area contributed by atoms with Crippen molar-refractivity contribution in [3.8, 4) is 0 Å². The quantitative estimate of drug-likeness (QED) is 0.869. The van der Waals surface area contributed by atoms with Gasteiger partial charge in [0.2, 0.25) is 0 Å². The minimum atomic E-state index is -3.87. The number of sulfonamides is 1. The summed E-state index contributed by atoms with van der Waals surface area (Å²) in [6.45, 7) is 0.238. The zero-order chi connectivity index (χ0) is 15.2. The molecule has 2 aromatic rings. The Balaban J connectivity index is 2.08. The number of urea groups is 1. The molecule has 9 heteroatoms. The summed E-state index contributed by atoms with van der Waals surface area (Å²) < 4.78 is 28.1. The summed E-state index contributed by atoms with van der Waals surface area (Å²) in [4.78, 5) is 13.4. The molecule has 1 aliphatic heterocycles. The molecule has 7 nitrogen and oxygen atoms in total. The van der Waals surface area contributed by atoms with E-state index in [1.165, 1.54) is 22.8 Å². The lowest BCUT2D eigenvalue weighted by Crippen LogP contribution is -2.47. The monoisotopic (exact) mass is 370 g/mol. The molecular formula is C12H11BrN4O3S. The summed E-state index contributed by atoms with van der Waals surface area (Å²) >= 11 is 3.41. The Hall–Kier alpha value is -1.87. The Bertz CT molecular complexity index is 831. The summed E-state index contributed by atoms with van der Waals surface area (Å²) in [5.74, 6) is 0. The average molecular weight is 371 g/mol. The van der Waals surface area contributed by atoms with Crippen LogP contribution in [0.1, 0.15) is 5.56 Å². The molecule has 2 amide bonds. The van der Waals surface area contributed by atoms with Gasteiger partial charge >= 0.3 is 6.03 Å². The first kappa shape index (κ1) is 14.1. The number of benzene rings is 1. The predicted octanol–water partition coefficient (Wildman–Crippen LogP) is 1.60. The molecule has 0 atom stereocenters. The van der Waals surface area contributed by atoms with Crippen LogP contribution in [0.3, 0.4) is 0 Å². The number of aromatic nitrogens is 2. The molecule has 110 valence electrons. The van der Waals surface area contributed by atoms with Crippen LogP contribution in [0.15, 0.2) is 40.0 Å². The minimum absolute atomic E-state index is 0.0193. The Morgan fingerprint density at radius 2 is 2.05 bits per heavy atom. The van der Waals surface area contributed by atoms with Crippen molar-refractivity contribution in [2.24, 2.45) is 7.05 Å². The van der Waals surface area contributed by atoms with Crippen molar-refractivity contribution in [3.05, 3.63) is 40.5 Å². The van der Waals surface area contributed by atoms with Crippen molar-refractivity contribution >= 4 is 37.7 Å². The van der Waals surface area contributed by atoms with Crippen molar-refractivity contribution in [3.63, 3.8) is 0 Å². The number of nitrogens with zero attached hydrogens (tertiary/aromatic N) is 3. The van der Waals surface area contributed by atoms with Crippen molar-refractivity contribution in [2.75, 3.05) is 4.90 Å². The van der Waals surface area contributed by atoms with Crippen molar-refractivity contribution < 1.29 is 13.2 Å². The van der Waals surface area contributed by atoms with Gasteiger partial charge in [-0.05, 0) is 11.6 Å². The van der Waals surface area contributed by atoms with Crippen molar-refractivity contribution in [2.45, 2.75) is 11.6 Å². The lowest BCUT2D eigenvalue weighted by atomic mass is 10.2. The average Bonchev–Trinajstić information content (AvgIpc) is 2.79. The molecule has 0 saturated heterocycles. The SMILES string of the molecule is Cn1ncc2c1S(=O)(=O)NC(=O)N2Cc1ccccc1Br. The maximum Gasteiger partial charge on any atom is 0.336 e. The van der Waals surface area contributed by atoms with Crippen LogP contribution in [0.5, 0.6) is 0 Å². The van der Waals surface area contributed by atoms with E-state index in [1.54, 1.807) is 0 Å². The maximum atomic E-state index is 12.1. The van der Waals surface area contributed by atoms with Crippen LogP contribution in [0, 0.1) is 0 Å². The van der Waals surface area contributed by atoms with Crippen molar-refractivity contribution in [1.29, 1.82) is 0 Å². The van der Waals surface area contributed by atoms with Gasteiger partial charge in [0.25, 0.3) is 10.0 Å². The normalized spacial score (nSPS) is 16.5. The van der Waals surface area contributed by atoms with E-state index >= 15 is 0 Å². The zero-order valence-corrected chi connectivity index (χ0v) is 13.3. The lowest BCUT2D eigenvalue weighted by Gasteiger charge is -2.27. The molecule has 3 rings (SSSR count). The van der Waals surface area contributed by atoms with Crippen LogP contribution in [0.25, 0.3) is 0 Å². The number of amides is 2. The van der Waals surface area contributed by atoms with Crippen LogP contribution in [-0.2, 0) is 23.6 Å². The van der Waals surface area contributed by atoms with E-state index in [4.69, 9.17) is 0 Å². The van der Waals surface area contributed by atoms with E-state index in [0.717, 1.165) is 10.0 Å². The highest BCUT2D eigenvalue weighted by molar-refractivity contribution is 9.10. The van der Waals surface area contributed by atoms with Gasteiger partial charge < -0.3 is 0 Å². The number of aryl methyl sites for hydroxylation is 1. The second-order valence-electron chi connectivity index (χ2n) is 4.55. The molecule has 1 aromatic carbocycles. The number of rotatable bonds is 2. The lowest BCUT2D eigenvalue weighted by molar-refractivity contribution is 0.250. The molecule has 21 heavy (non-hydrogen) atoms. The molecular weight excluding hydrogens is 360 g/mol. The minimum Gasteiger partial charge on any atom is -0.285 e. The molecule has 1 aliphatic rings. The largest absolute Gasteiger partial charge is 0.336 e. The molecule has 2 heterocycles. The van der Waals surface area contributed by atoms with Crippen LogP contribution in [0.2, 0.25) is 0 Å². The Kier molecular flexibility index (Phi) is 3.25. The summed E-state index contributed by atoms with van der Waals surface area (Å²) in [7, 11) is -2.35. The summed E-state index contributed by atoms with van der Waals surface area (Å²) in [5, 5.41) is 3.92. The third-order valence-electron chi connectivity index (χ3n) is 3.16. The van der Waals surface area contributed by atoms with E-state index in [0.29, 0.717) is 0 Å². The zero-order valence-electron chi connectivity index (χ0n) is 10.9. The number of fused-ring (bicyclic) bond motifs is 1. The smallest absolute Gasteiger partial charge is 0.285 e. The van der Waals surface area contributed by atoms with Gasteiger partial charge in [0.1, 0.15) is 5.69 Å². The summed E-state index contributed by atoms with van der Waals surface area (Å²) in [6.07, 6.45) is 1.38. The fourth-order valence-corrected chi connectivity index (χ4v) is 3.87. The van der Waals surface area contributed by atoms with E-state index in [2.05, 4.69) is 21.0 Å². The molecule has 0 radical (unpaired) electrons. The second kappa shape index (κ2) is 4.85. The molecule has 0 saturated carbocycles. The summed E-state index contributed by atoms with van der Waals surface area (Å²) in [6, 6.07) is 6.74. The third kappa shape index (κ3) is 2.32. The summed E-state index contributed by atoms with van der Waals surface area (Å²) in [5.41, 5.74) is 1.14. The van der Waals surface area contributed by atoms with Crippen LogP contribution < -0.4 is 9.62 Å². The van der Waals surface area contributed by atoms with Gasteiger partial charge in [0, 0.05) is 11.5 Å². The number of halogens is 1. The van der Waals surface area contributed by atoms with Gasteiger partial charge in [-0.1, -0.05) is 34.1 Å². The first-order valence-corrected chi connectivity index (χ1v) is 8.27. The van der Waals surface area contributed by atoms with Gasteiger partial charge in [-0.15, -0.1) is 0 Å². The molecule has 1 aromatic heterocycles. The van der Waals surface area contributed by atoms with E-state index < -0.39 is 16.1 Å². The highest BCUT2D eigenvalue weighted by Crippen LogP contribution is 2.30. The topological polar surface area (TPSA) is 84.3 Å². The molecule has 1 N–H and O–H groups in total. The van der Waals surface area contributed by atoms with Crippen molar-refractivity contribution in [1.82, 2.24) is 14.5 Å². The number of nitrogens with one attached hydrogen (secondary N) is 1. The fraction of sp³-hybridized carbons (Fsp3) is 0.167. The van der Waals surface area contributed by atoms with E-state index in [1.807, 2.05) is 29.0 Å². The molecule has 0 fully saturated rings. The fourth-order valence-electron chi connectivity index (χ4n) is 2.19. The molecule has 0 spiro atoms. The van der Waals surface area contributed by atoms with Crippen LogP contribution >= 0.6 is 15.9 Å². The highest BCUT2D eigenvalue weighted by Gasteiger charge is 2.37. The van der Waals surface area contributed by atoms with Gasteiger partial charge in [0.05, 0.1) is 12.7 Å². The first-order valence-electron chi connectivity index (χ1n) is 6.00. The highest BCUT2D eigenvalue weighted by atomic mass is 79.9. The van der Waals surface area contributed by atoms with Gasteiger partial charge in [0.15, 0.2) is 5.03 Å². The number of hydrogen-bond donors (Lipinski definition) is 1. The Morgan fingerprint density at radius 3 is 2.76 bits per heavy atom. The van der Waals surface area contributed by atoms with E-state index in [-0.39, 0.29) is 17.3 Å². The van der Waals surface area contributed by atoms with E-state index in [9.17, 15) is 13.2 Å². The first-order chi connectivity index (χ1) is 9.90. The predicted molar refractivity (Wildman–Crippen MR) is 79.3 cm³/mol. The molecule has 0 bridgehead atoms. The Labute approximate surface area is 129 Å². The van der Waals surface area contributed by atoms with Gasteiger partial charge in [-0.25, -0.2) is 9.52 Å². The number of hydrogen-bond acceptors (Lipinski definition) is 4. The number of carbonyl (C=O) groups is 1. The second-order valence-corrected chi connectivity index (χ2v) is 7.00. The molecule has 0 unspecified atom stereocenters. The number of carbonyl (C=O) groups excluding carboxylic acids is 1. The standard InChI is InChI=1S/C12H11BrN4O3S/c1-16-11-10(6-14-16)17(12(18)15-21(11,19)20)7-8-4-2-3-5-9(8)13/h2-6H,7H2,1H3,(H,15,18). The van der Waals surface area contributed by atoms with Crippen LogP contribution in [-0.4, -0.2) is 24.2 Å².